The van der Waals surface area contributed by atoms with E-state index in [1.165, 1.54) is 0 Å². The highest BCUT2D eigenvalue weighted by molar-refractivity contribution is 5.93. The molecule has 1 amide bonds. The normalized spacial score (nSPS) is 10.7. The van der Waals surface area contributed by atoms with Gasteiger partial charge in [0.25, 0.3) is 5.91 Å². The van der Waals surface area contributed by atoms with E-state index in [-0.39, 0.29) is 0 Å². The van der Waals surface area contributed by atoms with Crippen molar-refractivity contribution in [2.45, 2.75) is 6.92 Å². The van der Waals surface area contributed by atoms with Crippen molar-refractivity contribution in [2.24, 2.45) is 0 Å². The van der Waals surface area contributed by atoms with Gasteiger partial charge in [-0.05, 0) is 49.4 Å². The minimum Gasteiger partial charge on any atom is -0.324 e. The molecule has 0 aliphatic rings. The Kier molecular flexibility index (Phi) is 4.23. The van der Waals surface area contributed by atoms with Crippen LogP contribution in [0.3, 0.4) is 0 Å². The van der Waals surface area contributed by atoms with E-state index in [1.54, 1.807) is 35.9 Å². The summed E-state index contributed by atoms with van der Waals surface area (Å²) in [7, 11) is 0. The van der Waals surface area contributed by atoms with E-state index < -0.39 is 5.91 Å². The van der Waals surface area contributed by atoms with Crippen molar-refractivity contribution in [1.29, 1.82) is 0 Å². The van der Waals surface area contributed by atoms with E-state index in [2.05, 4.69) is 20.3 Å². The number of nitrogens with zero attached hydrogens (tertiary/aromatic N) is 4. The molecule has 3 N–H and O–H groups in total. The van der Waals surface area contributed by atoms with Gasteiger partial charge in [0.15, 0.2) is 0 Å². The Morgan fingerprint density at radius 2 is 1.89 bits per heavy atom. The Morgan fingerprint density at radius 1 is 1.07 bits per heavy atom. The first-order chi connectivity index (χ1) is 13.2. The van der Waals surface area contributed by atoms with Crippen LogP contribution in [0.2, 0.25) is 0 Å². The molecule has 0 saturated heterocycles. The molecular formula is C19H16N6O2. The van der Waals surface area contributed by atoms with Gasteiger partial charge in [-0.2, -0.15) is 0 Å². The summed E-state index contributed by atoms with van der Waals surface area (Å²) < 4.78 is 1.99. The van der Waals surface area contributed by atoms with Gasteiger partial charge in [0.1, 0.15) is 5.65 Å². The fraction of sp³-hybridized carbons (Fsp3) is 0.0526. The molecule has 0 saturated carbocycles. The number of rotatable bonds is 4. The Hall–Kier alpha value is -3.78. The molecule has 4 aromatic rings. The number of imidazole rings is 1. The minimum absolute atomic E-state index is 0.346. The average molecular weight is 360 g/mol. The zero-order valence-electron chi connectivity index (χ0n) is 14.4. The molecule has 8 heteroatoms. The second kappa shape index (κ2) is 6.85. The van der Waals surface area contributed by atoms with E-state index in [4.69, 9.17) is 5.21 Å². The molecule has 3 heterocycles. The minimum atomic E-state index is -0.567. The summed E-state index contributed by atoms with van der Waals surface area (Å²) in [5.74, 6) is -0.139. The first-order valence-corrected chi connectivity index (χ1v) is 8.24. The zero-order chi connectivity index (χ0) is 18.8. The highest BCUT2D eigenvalue weighted by Crippen LogP contribution is 2.24. The van der Waals surface area contributed by atoms with Crippen LogP contribution in [0.25, 0.3) is 17.0 Å². The van der Waals surface area contributed by atoms with Gasteiger partial charge < -0.3 is 5.32 Å². The number of hydroxylamine groups is 1. The molecule has 0 bridgehead atoms. The quantitative estimate of drug-likeness (QED) is 0.382. The molecule has 0 fully saturated rings. The van der Waals surface area contributed by atoms with Crippen LogP contribution in [0.4, 0.5) is 11.6 Å². The third-order valence-corrected chi connectivity index (χ3v) is 4.11. The number of pyridine rings is 1. The molecule has 27 heavy (non-hydrogen) atoms. The molecule has 1 aromatic carbocycles. The van der Waals surface area contributed by atoms with Gasteiger partial charge in [0, 0.05) is 23.6 Å². The zero-order valence-corrected chi connectivity index (χ0v) is 14.4. The molecule has 8 nitrogen and oxygen atoms in total. The standard InChI is InChI=1S/C19H16N6O2/c1-12-17(25-11-3-2-4-16(25)21-12)15-9-10-20-19(23-15)22-14-7-5-13(6-8-14)18(26)24-27/h2-11,27H,1H3,(H,24,26)(H,20,22,23). The second-order valence-electron chi connectivity index (χ2n) is 5.88. The fourth-order valence-electron chi connectivity index (χ4n) is 2.87. The summed E-state index contributed by atoms with van der Waals surface area (Å²) in [6.45, 7) is 1.95. The number of hydrogen-bond acceptors (Lipinski definition) is 6. The van der Waals surface area contributed by atoms with Crippen LogP contribution in [0.5, 0.6) is 0 Å². The van der Waals surface area contributed by atoms with Gasteiger partial charge in [-0.15, -0.1) is 0 Å². The lowest BCUT2D eigenvalue weighted by molar-refractivity contribution is 0.0706. The third kappa shape index (κ3) is 3.21. The van der Waals surface area contributed by atoms with E-state index in [0.717, 1.165) is 28.4 Å². The maximum Gasteiger partial charge on any atom is 0.274 e. The number of carbonyl (C=O) groups excluding carboxylic acids is 1. The van der Waals surface area contributed by atoms with Crippen molar-refractivity contribution in [2.75, 3.05) is 5.32 Å². The molecule has 0 atom stereocenters. The molecule has 3 aromatic heterocycles. The highest BCUT2D eigenvalue weighted by Gasteiger charge is 2.13. The van der Waals surface area contributed by atoms with E-state index >= 15 is 0 Å². The van der Waals surface area contributed by atoms with Crippen molar-refractivity contribution < 1.29 is 10.0 Å². The van der Waals surface area contributed by atoms with Gasteiger partial charge in [0.05, 0.1) is 17.1 Å². The van der Waals surface area contributed by atoms with Crippen LogP contribution in [-0.2, 0) is 0 Å². The molecule has 0 radical (unpaired) electrons. The lowest BCUT2D eigenvalue weighted by Gasteiger charge is -2.08. The maximum atomic E-state index is 11.4. The number of anilines is 2. The van der Waals surface area contributed by atoms with Gasteiger partial charge in [-0.1, -0.05) is 6.07 Å². The number of fused-ring (bicyclic) bond motifs is 1. The molecule has 4 rings (SSSR count). The molecule has 0 aliphatic heterocycles. The van der Waals surface area contributed by atoms with Crippen LogP contribution in [0, 0.1) is 6.92 Å². The number of carbonyl (C=O) groups is 1. The number of amides is 1. The number of nitrogens with one attached hydrogen (secondary N) is 2. The number of benzene rings is 1. The summed E-state index contributed by atoms with van der Waals surface area (Å²) in [6, 6.07) is 14.3. The largest absolute Gasteiger partial charge is 0.324 e. The van der Waals surface area contributed by atoms with Crippen molar-refractivity contribution in [3.05, 3.63) is 72.2 Å². The van der Waals surface area contributed by atoms with Gasteiger partial charge in [-0.3, -0.25) is 14.4 Å². The van der Waals surface area contributed by atoms with E-state index in [9.17, 15) is 4.79 Å². The smallest absolute Gasteiger partial charge is 0.274 e. The number of hydrogen-bond donors (Lipinski definition) is 3. The summed E-state index contributed by atoms with van der Waals surface area (Å²) in [5.41, 5.74) is 6.06. The van der Waals surface area contributed by atoms with Crippen LogP contribution < -0.4 is 10.8 Å². The Labute approximate surface area is 154 Å². The predicted molar refractivity (Wildman–Crippen MR) is 99.9 cm³/mol. The molecular weight excluding hydrogens is 344 g/mol. The summed E-state index contributed by atoms with van der Waals surface area (Å²) in [6.07, 6.45) is 3.63. The first-order valence-electron chi connectivity index (χ1n) is 8.24. The molecule has 134 valence electrons. The SMILES string of the molecule is Cc1nc2ccccn2c1-c1ccnc(Nc2ccc(C(=O)NO)cc2)n1. The Bertz CT molecular complexity index is 1120. The van der Waals surface area contributed by atoms with E-state index in [1.807, 2.05) is 41.8 Å². The topological polar surface area (TPSA) is 104 Å². The fourth-order valence-corrected chi connectivity index (χ4v) is 2.87. The first kappa shape index (κ1) is 16.7. The van der Waals surface area contributed by atoms with Gasteiger partial charge in [0.2, 0.25) is 5.95 Å². The second-order valence-corrected chi connectivity index (χ2v) is 5.88. The predicted octanol–water partition coefficient (Wildman–Crippen LogP) is 2.96. The van der Waals surface area contributed by atoms with Crippen molar-refractivity contribution in [3.8, 4) is 11.4 Å². The van der Waals surface area contributed by atoms with Crippen LogP contribution in [-0.4, -0.2) is 30.5 Å². The Balaban J connectivity index is 1.65. The van der Waals surface area contributed by atoms with Crippen molar-refractivity contribution in [1.82, 2.24) is 24.8 Å². The average Bonchev–Trinajstić information content (AvgIpc) is 3.04. The van der Waals surface area contributed by atoms with Gasteiger partial charge in [-0.25, -0.2) is 20.4 Å². The van der Waals surface area contributed by atoms with Crippen molar-refractivity contribution in [3.63, 3.8) is 0 Å². The van der Waals surface area contributed by atoms with E-state index in [0.29, 0.717) is 11.5 Å². The monoisotopic (exact) mass is 360 g/mol. The van der Waals surface area contributed by atoms with Crippen LogP contribution >= 0.6 is 0 Å². The summed E-state index contributed by atoms with van der Waals surface area (Å²) >= 11 is 0. The summed E-state index contributed by atoms with van der Waals surface area (Å²) in [4.78, 5) is 24.8. The number of aryl methyl sites for hydroxylation is 1. The molecule has 0 spiro atoms. The lowest BCUT2D eigenvalue weighted by Crippen LogP contribution is -2.18. The Morgan fingerprint density at radius 3 is 2.67 bits per heavy atom. The maximum absolute atomic E-state index is 11.4. The lowest BCUT2D eigenvalue weighted by atomic mass is 10.2. The van der Waals surface area contributed by atoms with Crippen LogP contribution in [0.1, 0.15) is 16.1 Å². The molecule has 0 aliphatic carbocycles. The number of aromatic nitrogens is 4. The highest BCUT2D eigenvalue weighted by atomic mass is 16.5. The molecule has 0 unspecified atom stereocenters. The van der Waals surface area contributed by atoms with Gasteiger partial charge >= 0.3 is 0 Å². The van der Waals surface area contributed by atoms with Crippen molar-refractivity contribution >= 4 is 23.2 Å². The summed E-state index contributed by atoms with van der Waals surface area (Å²) in [5, 5.41) is 11.8. The third-order valence-electron chi connectivity index (χ3n) is 4.11. The van der Waals surface area contributed by atoms with Crippen LogP contribution in [0.15, 0.2) is 60.9 Å².